The summed E-state index contributed by atoms with van der Waals surface area (Å²) in [5, 5.41) is 4.25. The van der Waals surface area contributed by atoms with E-state index in [-0.39, 0.29) is 11.1 Å². The number of carbonyl (C=O) groups excluding carboxylic acids is 2. The predicted molar refractivity (Wildman–Crippen MR) is 77.7 cm³/mol. The molecule has 0 radical (unpaired) electrons. The van der Waals surface area contributed by atoms with Crippen molar-refractivity contribution in [3.63, 3.8) is 0 Å². The number of fused-ring (bicyclic) bond motifs is 1. The molecular weight excluding hydrogens is 258 g/mol. The fraction of sp³-hybridized carbons (Fsp3) is 0.0667. The van der Waals surface area contributed by atoms with Crippen LogP contribution in [0.2, 0.25) is 0 Å². The van der Waals surface area contributed by atoms with Crippen LogP contribution in [0, 0.1) is 0 Å². The standard InChI is InChI=1S/C15H11NO2S/c1-9(13-14(17)16-15(18)19-13)11-7-6-10-4-2-3-5-12(10)8-11/h2-8H,1H3,(H,16,17,18)/b13-9+. The van der Waals surface area contributed by atoms with Crippen LogP contribution >= 0.6 is 11.8 Å². The van der Waals surface area contributed by atoms with Gasteiger partial charge in [0.1, 0.15) is 0 Å². The van der Waals surface area contributed by atoms with Crippen molar-refractivity contribution in [2.24, 2.45) is 0 Å². The number of allylic oxidation sites excluding steroid dienone is 1. The summed E-state index contributed by atoms with van der Waals surface area (Å²) in [6.45, 7) is 1.87. The largest absolute Gasteiger partial charge is 0.290 e. The van der Waals surface area contributed by atoms with Gasteiger partial charge < -0.3 is 0 Å². The second-order valence-electron chi connectivity index (χ2n) is 4.36. The number of nitrogens with one attached hydrogen (secondary N) is 1. The lowest BCUT2D eigenvalue weighted by Crippen LogP contribution is -2.18. The zero-order valence-corrected chi connectivity index (χ0v) is 11.1. The second-order valence-corrected chi connectivity index (χ2v) is 5.34. The summed E-state index contributed by atoms with van der Waals surface area (Å²) in [6, 6.07) is 14.1. The summed E-state index contributed by atoms with van der Waals surface area (Å²) < 4.78 is 0. The van der Waals surface area contributed by atoms with E-state index in [0.717, 1.165) is 33.7 Å². The molecule has 0 aliphatic carbocycles. The van der Waals surface area contributed by atoms with E-state index in [1.807, 2.05) is 49.4 Å². The molecule has 0 bridgehead atoms. The van der Waals surface area contributed by atoms with Gasteiger partial charge in [-0.2, -0.15) is 0 Å². The van der Waals surface area contributed by atoms with Gasteiger partial charge in [0.25, 0.3) is 11.1 Å². The van der Waals surface area contributed by atoms with Gasteiger partial charge >= 0.3 is 0 Å². The maximum Gasteiger partial charge on any atom is 0.290 e. The van der Waals surface area contributed by atoms with Crippen LogP contribution in [0.15, 0.2) is 47.4 Å². The minimum Gasteiger partial charge on any atom is -0.282 e. The smallest absolute Gasteiger partial charge is 0.282 e. The summed E-state index contributed by atoms with van der Waals surface area (Å²) in [4.78, 5) is 23.3. The Kier molecular flexibility index (Phi) is 2.87. The van der Waals surface area contributed by atoms with E-state index in [1.54, 1.807) is 0 Å². The van der Waals surface area contributed by atoms with Crippen LogP contribution in [0.3, 0.4) is 0 Å². The van der Waals surface area contributed by atoms with E-state index in [4.69, 9.17) is 0 Å². The summed E-state index contributed by atoms with van der Waals surface area (Å²) in [5.41, 5.74) is 1.80. The molecule has 0 aromatic heterocycles. The molecule has 94 valence electrons. The molecule has 4 heteroatoms. The van der Waals surface area contributed by atoms with Gasteiger partial charge in [0.15, 0.2) is 0 Å². The monoisotopic (exact) mass is 269 g/mol. The van der Waals surface area contributed by atoms with Crippen LogP contribution in [-0.4, -0.2) is 11.1 Å². The number of hydrogen-bond acceptors (Lipinski definition) is 3. The van der Waals surface area contributed by atoms with Crippen molar-refractivity contribution in [1.82, 2.24) is 5.32 Å². The van der Waals surface area contributed by atoms with E-state index in [2.05, 4.69) is 5.32 Å². The third-order valence-electron chi connectivity index (χ3n) is 3.14. The maximum absolute atomic E-state index is 11.7. The molecule has 3 nitrogen and oxygen atoms in total. The SMILES string of the molecule is C/C(=C1\SC(=O)NC1=O)c1ccc2ccccc2c1. The molecule has 2 aromatic carbocycles. The van der Waals surface area contributed by atoms with Gasteiger partial charge in [-0.1, -0.05) is 36.4 Å². The molecule has 1 fully saturated rings. The van der Waals surface area contributed by atoms with Crippen molar-refractivity contribution >= 4 is 39.3 Å². The van der Waals surface area contributed by atoms with Gasteiger partial charge in [0, 0.05) is 0 Å². The molecule has 2 aromatic rings. The fourth-order valence-corrected chi connectivity index (χ4v) is 2.86. The van der Waals surface area contributed by atoms with E-state index in [0.29, 0.717) is 4.91 Å². The summed E-state index contributed by atoms with van der Waals surface area (Å²) in [6.07, 6.45) is 0. The third-order valence-corrected chi connectivity index (χ3v) is 4.12. The molecule has 1 N–H and O–H groups in total. The van der Waals surface area contributed by atoms with Crippen molar-refractivity contribution < 1.29 is 9.59 Å². The maximum atomic E-state index is 11.7. The molecule has 1 saturated heterocycles. The molecule has 19 heavy (non-hydrogen) atoms. The van der Waals surface area contributed by atoms with E-state index in [1.165, 1.54) is 0 Å². The fourth-order valence-electron chi connectivity index (χ4n) is 2.11. The van der Waals surface area contributed by atoms with Gasteiger partial charge in [0.05, 0.1) is 4.91 Å². The second kappa shape index (κ2) is 4.55. The quantitative estimate of drug-likeness (QED) is 0.805. The Morgan fingerprint density at radius 3 is 2.47 bits per heavy atom. The molecule has 0 saturated carbocycles. The molecule has 1 heterocycles. The molecule has 0 spiro atoms. The molecule has 3 rings (SSSR count). The lowest BCUT2D eigenvalue weighted by molar-refractivity contribution is -0.115. The molecule has 1 aliphatic heterocycles. The van der Waals surface area contributed by atoms with Crippen LogP contribution in [0.5, 0.6) is 0 Å². The molecule has 0 atom stereocenters. The number of benzene rings is 2. The first-order chi connectivity index (χ1) is 9.15. The molecule has 0 unspecified atom stereocenters. The van der Waals surface area contributed by atoms with Crippen LogP contribution < -0.4 is 5.32 Å². The summed E-state index contributed by atoms with van der Waals surface area (Å²) in [5.74, 6) is -0.305. The van der Waals surface area contributed by atoms with Crippen LogP contribution in [0.1, 0.15) is 12.5 Å². The number of thioether (sulfide) groups is 1. The number of amides is 2. The Morgan fingerprint density at radius 1 is 1.05 bits per heavy atom. The number of rotatable bonds is 1. The molecule has 2 amide bonds. The topological polar surface area (TPSA) is 46.2 Å². The average Bonchev–Trinajstić information content (AvgIpc) is 2.76. The lowest BCUT2D eigenvalue weighted by Gasteiger charge is -2.05. The van der Waals surface area contributed by atoms with Crippen molar-refractivity contribution in [3.05, 3.63) is 52.9 Å². The van der Waals surface area contributed by atoms with Gasteiger partial charge in [-0.25, -0.2) is 0 Å². The van der Waals surface area contributed by atoms with Crippen molar-refractivity contribution in [3.8, 4) is 0 Å². The first-order valence-electron chi connectivity index (χ1n) is 5.88. The number of carbonyl (C=O) groups is 2. The average molecular weight is 269 g/mol. The summed E-state index contributed by atoms with van der Waals surface area (Å²) in [7, 11) is 0. The highest BCUT2D eigenvalue weighted by molar-refractivity contribution is 8.18. The highest BCUT2D eigenvalue weighted by Gasteiger charge is 2.27. The van der Waals surface area contributed by atoms with Crippen molar-refractivity contribution in [1.29, 1.82) is 0 Å². The van der Waals surface area contributed by atoms with E-state index >= 15 is 0 Å². The zero-order valence-electron chi connectivity index (χ0n) is 10.3. The Hall–Kier alpha value is -2.07. The number of imide groups is 1. The van der Waals surface area contributed by atoms with E-state index < -0.39 is 0 Å². The Balaban J connectivity index is 2.11. The zero-order chi connectivity index (χ0) is 13.4. The van der Waals surface area contributed by atoms with Crippen LogP contribution in [-0.2, 0) is 4.79 Å². The minimum absolute atomic E-state index is 0.305. The Labute approximate surface area is 114 Å². The first kappa shape index (κ1) is 12.0. The number of hydrogen-bond donors (Lipinski definition) is 1. The summed E-state index contributed by atoms with van der Waals surface area (Å²) >= 11 is 0.962. The highest BCUT2D eigenvalue weighted by Crippen LogP contribution is 2.32. The van der Waals surface area contributed by atoms with Crippen LogP contribution in [0.4, 0.5) is 4.79 Å². The van der Waals surface area contributed by atoms with Crippen molar-refractivity contribution in [2.45, 2.75) is 6.92 Å². The Morgan fingerprint density at radius 2 is 1.79 bits per heavy atom. The van der Waals surface area contributed by atoms with E-state index in [9.17, 15) is 9.59 Å². The van der Waals surface area contributed by atoms with Gasteiger partial charge in [-0.15, -0.1) is 0 Å². The molecular formula is C15H11NO2S. The first-order valence-corrected chi connectivity index (χ1v) is 6.70. The molecule has 1 aliphatic rings. The van der Waals surface area contributed by atoms with Crippen molar-refractivity contribution in [2.75, 3.05) is 0 Å². The van der Waals surface area contributed by atoms with Gasteiger partial charge in [0.2, 0.25) is 0 Å². The van der Waals surface area contributed by atoms with Gasteiger partial charge in [-0.3, -0.25) is 14.9 Å². The van der Waals surface area contributed by atoms with Crippen LogP contribution in [0.25, 0.3) is 16.3 Å². The third kappa shape index (κ3) is 2.15. The Bertz CT molecular complexity index is 734. The predicted octanol–water partition coefficient (Wildman–Crippen LogP) is 3.55. The minimum atomic E-state index is -0.305. The van der Waals surface area contributed by atoms with Gasteiger partial charge in [-0.05, 0) is 46.7 Å². The highest BCUT2D eigenvalue weighted by atomic mass is 32.2. The lowest BCUT2D eigenvalue weighted by atomic mass is 10.0. The normalized spacial score (nSPS) is 17.7.